The maximum absolute atomic E-state index is 5.64. The molecule has 2 rings (SSSR count). The first kappa shape index (κ1) is 19.9. The Morgan fingerprint density at radius 1 is 1.13 bits per heavy atom. The van der Waals surface area contributed by atoms with E-state index in [1.54, 1.807) is 18.4 Å². The first-order valence-electron chi connectivity index (χ1n) is 7.39. The normalized spacial score (nSPS) is 11.0. The molecule has 126 valence electrons. The smallest absolute Gasteiger partial charge is 0.191 e. The Balaban J connectivity index is 0.00000264. The number of benzene rings is 1. The topological polar surface area (TPSA) is 45.7 Å². The highest BCUT2D eigenvalue weighted by Gasteiger charge is 2.00. The molecule has 4 nitrogen and oxygen atoms in total. The summed E-state index contributed by atoms with van der Waals surface area (Å²) in [6.07, 6.45) is 0. The lowest BCUT2D eigenvalue weighted by Gasteiger charge is -2.11. The summed E-state index contributed by atoms with van der Waals surface area (Å²) in [6.45, 7) is 4.93. The number of aryl methyl sites for hydroxylation is 1. The summed E-state index contributed by atoms with van der Waals surface area (Å²) in [5.74, 6) is 0.800. The summed E-state index contributed by atoms with van der Waals surface area (Å²) in [4.78, 5) is 6.84. The average molecular weight is 445 g/mol. The van der Waals surface area contributed by atoms with Gasteiger partial charge in [0, 0.05) is 23.3 Å². The number of guanidine groups is 1. The second-order valence-corrected chi connectivity index (χ2v) is 6.28. The lowest BCUT2D eigenvalue weighted by Crippen LogP contribution is -2.38. The van der Waals surface area contributed by atoms with Crippen molar-refractivity contribution in [1.29, 1.82) is 0 Å². The number of nitrogens with zero attached hydrogens (tertiary/aromatic N) is 1. The van der Waals surface area contributed by atoms with Crippen LogP contribution in [0.15, 0.2) is 47.5 Å². The average Bonchev–Trinajstić information content (AvgIpc) is 2.96. The van der Waals surface area contributed by atoms with E-state index in [-0.39, 0.29) is 24.0 Å². The molecule has 2 aromatic rings. The number of ether oxygens (including phenoxy) is 1. The molecule has 0 bridgehead atoms. The molecule has 1 heterocycles. The zero-order valence-electron chi connectivity index (χ0n) is 13.5. The Morgan fingerprint density at radius 3 is 2.57 bits per heavy atom. The minimum Gasteiger partial charge on any atom is -0.375 e. The van der Waals surface area contributed by atoms with Crippen LogP contribution in [0.1, 0.15) is 15.3 Å². The first-order chi connectivity index (χ1) is 10.8. The molecule has 0 amide bonds. The van der Waals surface area contributed by atoms with Gasteiger partial charge in [-0.05, 0) is 24.6 Å². The monoisotopic (exact) mass is 445 g/mol. The lowest BCUT2D eigenvalue weighted by atomic mass is 10.2. The Bertz CT molecular complexity index is 587. The molecule has 2 N–H and O–H groups in total. The largest absolute Gasteiger partial charge is 0.375 e. The zero-order chi connectivity index (χ0) is 15.6. The molecule has 6 heteroatoms. The van der Waals surface area contributed by atoms with Crippen molar-refractivity contribution in [3.05, 3.63) is 57.8 Å². The molecule has 1 aromatic heterocycles. The van der Waals surface area contributed by atoms with Gasteiger partial charge in [-0.3, -0.25) is 4.99 Å². The van der Waals surface area contributed by atoms with Crippen molar-refractivity contribution in [2.75, 3.05) is 20.2 Å². The molecular weight excluding hydrogens is 421 g/mol. The molecule has 0 radical (unpaired) electrons. The maximum Gasteiger partial charge on any atom is 0.191 e. The van der Waals surface area contributed by atoms with Crippen LogP contribution in [-0.2, 0) is 17.9 Å². The van der Waals surface area contributed by atoms with Crippen LogP contribution in [0.3, 0.4) is 0 Å². The first-order valence-corrected chi connectivity index (χ1v) is 8.21. The van der Waals surface area contributed by atoms with Gasteiger partial charge in [-0.25, -0.2) is 0 Å². The van der Waals surface area contributed by atoms with E-state index in [9.17, 15) is 0 Å². The van der Waals surface area contributed by atoms with Crippen molar-refractivity contribution < 1.29 is 4.74 Å². The fourth-order valence-corrected chi connectivity index (χ4v) is 2.81. The van der Waals surface area contributed by atoms with Crippen LogP contribution in [0.2, 0.25) is 0 Å². The molecule has 23 heavy (non-hydrogen) atoms. The van der Waals surface area contributed by atoms with Gasteiger partial charge in [-0.15, -0.1) is 35.3 Å². The molecule has 0 aliphatic rings. The lowest BCUT2D eigenvalue weighted by molar-refractivity contribution is 0.125. The molecular formula is C17H24IN3OS. The predicted octanol–water partition coefficient (Wildman–Crippen LogP) is 3.56. The van der Waals surface area contributed by atoms with E-state index in [0.29, 0.717) is 13.2 Å². The SMILES string of the molecule is CN=C(NCCOCc1ccccc1)NCc1ccc(C)s1.I. The van der Waals surface area contributed by atoms with Crippen molar-refractivity contribution in [2.24, 2.45) is 4.99 Å². The second-order valence-electron chi connectivity index (χ2n) is 4.90. The third-order valence-corrected chi connectivity index (χ3v) is 4.10. The van der Waals surface area contributed by atoms with Crippen molar-refractivity contribution in [1.82, 2.24) is 10.6 Å². The van der Waals surface area contributed by atoms with E-state index in [1.165, 1.54) is 15.3 Å². The van der Waals surface area contributed by atoms with Crippen molar-refractivity contribution >= 4 is 41.3 Å². The fourth-order valence-electron chi connectivity index (χ4n) is 1.98. The van der Waals surface area contributed by atoms with Gasteiger partial charge in [0.25, 0.3) is 0 Å². The summed E-state index contributed by atoms with van der Waals surface area (Å²) < 4.78 is 5.64. The molecule has 0 saturated carbocycles. The van der Waals surface area contributed by atoms with Crippen molar-refractivity contribution in [3.8, 4) is 0 Å². The van der Waals surface area contributed by atoms with Crippen LogP contribution < -0.4 is 10.6 Å². The van der Waals surface area contributed by atoms with Gasteiger partial charge < -0.3 is 15.4 Å². The number of thiophene rings is 1. The summed E-state index contributed by atoms with van der Waals surface area (Å²) in [7, 11) is 1.78. The van der Waals surface area contributed by atoms with Crippen LogP contribution >= 0.6 is 35.3 Å². The van der Waals surface area contributed by atoms with E-state index in [0.717, 1.165) is 19.0 Å². The highest BCUT2D eigenvalue weighted by molar-refractivity contribution is 14.0. The van der Waals surface area contributed by atoms with Gasteiger partial charge in [0.1, 0.15) is 0 Å². The molecule has 0 fully saturated rings. The molecule has 0 atom stereocenters. The molecule has 0 aliphatic carbocycles. The third kappa shape index (κ3) is 7.81. The summed E-state index contributed by atoms with van der Waals surface area (Å²) in [5, 5.41) is 6.55. The van der Waals surface area contributed by atoms with Crippen molar-refractivity contribution in [2.45, 2.75) is 20.1 Å². The van der Waals surface area contributed by atoms with E-state index in [2.05, 4.69) is 46.8 Å². The van der Waals surface area contributed by atoms with E-state index in [4.69, 9.17) is 4.74 Å². The predicted molar refractivity (Wildman–Crippen MR) is 109 cm³/mol. The molecule has 1 aromatic carbocycles. The van der Waals surface area contributed by atoms with Crippen LogP contribution in [0.25, 0.3) is 0 Å². The second kappa shape index (κ2) is 11.4. The number of nitrogens with one attached hydrogen (secondary N) is 2. The fraction of sp³-hybridized carbons (Fsp3) is 0.353. The third-order valence-electron chi connectivity index (χ3n) is 3.10. The van der Waals surface area contributed by atoms with E-state index >= 15 is 0 Å². The van der Waals surface area contributed by atoms with Crippen LogP contribution in [-0.4, -0.2) is 26.2 Å². The van der Waals surface area contributed by atoms with Gasteiger partial charge in [-0.1, -0.05) is 30.3 Å². The minimum atomic E-state index is 0. The van der Waals surface area contributed by atoms with Crippen LogP contribution in [0.5, 0.6) is 0 Å². The number of hydrogen-bond donors (Lipinski definition) is 2. The number of halogens is 1. The molecule has 0 unspecified atom stereocenters. The van der Waals surface area contributed by atoms with Crippen LogP contribution in [0, 0.1) is 6.92 Å². The van der Waals surface area contributed by atoms with Crippen LogP contribution in [0.4, 0.5) is 0 Å². The summed E-state index contributed by atoms with van der Waals surface area (Å²) in [5.41, 5.74) is 1.19. The van der Waals surface area contributed by atoms with E-state index in [1.807, 2.05) is 18.2 Å². The number of hydrogen-bond acceptors (Lipinski definition) is 3. The maximum atomic E-state index is 5.64. The Morgan fingerprint density at radius 2 is 1.91 bits per heavy atom. The number of aliphatic imine (C=N–C) groups is 1. The summed E-state index contributed by atoms with van der Waals surface area (Å²) >= 11 is 1.80. The van der Waals surface area contributed by atoms with Gasteiger partial charge in [0.2, 0.25) is 0 Å². The van der Waals surface area contributed by atoms with E-state index < -0.39 is 0 Å². The van der Waals surface area contributed by atoms with Crippen molar-refractivity contribution in [3.63, 3.8) is 0 Å². The van der Waals surface area contributed by atoms with Gasteiger partial charge in [0.05, 0.1) is 19.8 Å². The standard InChI is InChI=1S/C17H23N3OS.HI/c1-14-8-9-16(22-14)12-20-17(18-2)19-10-11-21-13-15-6-4-3-5-7-15;/h3-9H,10-13H2,1-2H3,(H2,18,19,20);1H. The van der Waals surface area contributed by atoms with Gasteiger partial charge >= 0.3 is 0 Å². The Hall–Kier alpha value is -1.12. The quantitative estimate of drug-likeness (QED) is 0.297. The Labute approximate surface area is 159 Å². The van der Waals surface area contributed by atoms with Gasteiger partial charge in [-0.2, -0.15) is 0 Å². The highest BCUT2D eigenvalue weighted by Crippen LogP contribution is 2.14. The minimum absolute atomic E-state index is 0. The highest BCUT2D eigenvalue weighted by atomic mass is 127. The molecule has 0 saturated heterocycles. The number of rotatable bonds is 7. The Kier molecular flexibility index (Phi) is 9.89. The molecule has 0 spiro atoms. The zero-order valence-corrected chi connectivity index (χ0v) is 16.7. The van der Waals surface area contributed by atoms with Gasteiger partial charge in [0.15, 0.2) is 5.96 Å². The molecule has 0 aliphatic heterocycles. The summed E-state index contributed by atoms with van der Waals surface area (Å²) in [6, 6.07) is 14.5.